The number of benzene rings is 2. The molecule has 0 unspecified atom stereocenters. The van der Waals surface area contributed by atoms with E-state index in [0.717, 1.165) is 22.4 Å². The van der Waals surface area contributed by atoms with Crippen LogP contribution in [0.2, 0.25) is 0 Å². The van der Waals surface area contributed by atoms with Gasteiger partial charge in [-0.1, -0.05) is 29.8 Å². The Morgan fingerprint density at radius 1 is 1.14 bits per heavy atom. The van der Waals surface area contributed by atoms with E-state index in [-0.39, 0.29) is 18.2 Å². The number of aryl methyl sites for hydroxylation is 1. The molecule has 1 aliphatic rings. The average Bonchev–Trinajstić information content (AvgIpc) is 3.05. The molecule has 0 fully saturated rings. The molecule has 0 spiro atoms. The van der Waals surface area contributed by atoms with E-state index in [0.29, 0.717) is 17.3 Å². The van der Waals surface area contributed by atoms with Gasteiger partial charge < -0.3 is 15.4 Å². The fourth-order valence-corrected chi connectivity index (χ4v) is 3.43. The number of carbonyl (C=O) groups excluding carboxylic acids is 2. The Bertz CT molecular complexity index is 1070. The normalized spacial score (nSPS) is 15.4. The Labute approximate surface area is 168 Å². The van der Waals surface area contributed by atoms with Crippen LogP contribution in [0.1, 0.15) is 23.6 Å². The van der Waals surface area contributed by atoms with Crippen LogP contribution in [0, 0.1) is 13.8 Å². The van der Waals surface area contributed by atoms with E-state index in [2.05, 4.69) is 15.7 Å². The predicted molar refractivity (Wildman–Crippen MR) is 111 cm³/mol. The van der Waals surface area contributed by atoms with Crippen molar-refractivity contribution in [2.75, 3.05) is 17.7 Å². The number of fused-ring (bicyclic) bond motifs is 1. The van der Waals surface area contributed by atoms with E-state index in [1.165, 1.54) is 0 Å². The van der Waals surface area contributed by atoms with E-state index >= 15 is 0 Å². The van der Waals surface area contributed by atoms with Gasteiger partial charge in [-0.25, -0.2) is 4.68 Å². The summed E-state index contributed by atoms with van der Waals surface area (Å²) in [7, 11) is 1.58. The first-order valence-electron chi connectivity index (χ1n) is 9.37. The van der Waals surface area contributed by atoms with Gasteiger partial charge in [0.2, 0.25) is 11.8 Å². The molecular weight excluding hydrogens is 368 g/mol. The van der Waals surface area contributed by atoms with E-state index in [1.807, 2.05) is 38.1 Å². The molecule has 0 saturated carbocycles. The Morgan fingerprint density at radius 3 is 2.48 bits per heavy atom. The molecule has 2 heterocycles. The minimum Gasteiger partial charge on any atom is -0.497 e. The summed E-state index contributed by atoms with van der Waals surface area (Å²) < 4.78 is 6.75. The molecule has 0 saturated heterocycles. The summed E-state index contributed by atoms with van der Waals surface area (Å²) in [5.74, 6) is 0.773. The number of rotatable bonds is 4. The summed E-state index contributed by atoms with van der Waals surface area (Å²) in [5.41, 5.74) is 4.32. The summed E-state index contributed by atoms with van der Waals surface area (Å²) in [5, 5.41) is 10.4. The maximum absolute atomic E-state index is 12.9. The van der Waals surface area contributed by atoms with Gasteiger partial charge in [0.25, 0.3) is 0 Å². The molecule has 148 valence electrons. The van der Waals surface area contributed by atoms with Crippen LogP contribution in [0.5, 0.6) is 5.75 Å². The van der Waals surface area contributed by atoms with Gasteiger partial charge in [-0.2, -0.15) is 5.10 Å². The molecule has 2 amide bonds. The molecule has 29 heavy (non-hydrogen) atoms. The van der Waals surface area contributed by atoms with Gasteiger partial charge in [0, 0.05) is 16.8 Å². The molecule has 7 nitrogen and oxygen atoms in total. The molecule has 3 aromatic rings. The van der Waals surface area contributed by atoms with Gasteiger partial charge in [0.05, 0.1) is 19.2 Å². The Hall–Kier alpha value is -3.61. The largest absolute Gasteiger partial charge is 0.497 e. The van der Waals surface area contributed by atoms with Crippen LogP contribution in [-0.4, -0.2) is 28.7 Å². The van der Waals surface area contributed by atoms with Crippen molar-refractivity contribution in [1.29, 1.82) is 0 Å². The van der Waals surface area contributed by atoms with E-state index in [9.17, 15) is 9.59 Å². The van der Waals surface area contributed by atoms with Gasteiger partial charge in [-0.05, 0) is 38.1 Å². The number of amides is 2. The lowest BCUT2D eigenvalue weighted by molar-refractivity contribution is -0.125. The number of methoxy groups -OCH3 is 1. The number of nitrogens with one attached hydrogen (secondary N) is 2. The highest BCUT2D eigenvalue weighted by Crippen LogP contribution is 2.34. The smallest absolute Gasteiger partial charge is 0.249 e. The summed E-state index contributed by atoms with van der Waals surface area (Å²) in [6.45, 7) is 3.92. The highest BCUT2D eigenvalue weighted by molar-refractivity contribution is 6.02. The minimum atomic E-state index is -0.723. The second kappa shape index (κ2) is 7.43. The predicted octanol–water partition coefficient (Wildman–Crippen LogP) is 3.70. The summed E-state index contributed by atoms with van der Waals surface area (Å²) >= 11 is 0. The zero-order valence-corrected chi connectivity index (χ0v) is 16.5. The first-order chi connectivity index (χ1) is 14.0. The highest BCUT2D eigenvalue weighted by atomic mass is 16.5. The van der Waals surface area contributed by atoms with Gasteiger partial charge >= 0.3 is 0 Å². The molecule has 0 aliphatic carbocycles. The first kappa shape index (κ1) is 18.7. The molecular formula is C22H22N4O3. The summed E-state index contributed by atoms with van der Waals surface area (Å²) in [6.07, 6.45) is 0.0312. The maximum Gasteiger partial charge on any atom is 0.249 e. The van der Waals surface area contributed by atoms with Crippen molar-refractivity contribution in [1.82, 2.24) is 9.78 Å². The molecule has 2 aromatic carbocycles. The van der Waals surface area contributed by atoms with E-state index in [1.54, 1.807) is 36.1 Å². The number of hydrogen-bond donors (Lipinski definition) is 2. The van der Waals surface area contributed by atoms with Crippen LogP contribution in [0.4, 0.5) is 11.5 Å². The van der Waals surface area contributed by atoms with Crippen LogP contribution in [0.25, 0.3) is 11.3 Å². The molecule has 1 aliphatic heterocycles. The second-order valence-electron chi connectivity index (χ2n) is 7.12. The third-order valence-corrected chi connectivity index (χ3v) is 5.06. The van der Waals surface area contributed by atoms with Crippen molar-refractivity contribution in [3.63, 3.8) is 0 Å². The fraction of sp³-hybridized carbons (Fsp3) is 0.227. The lowest BCUT2D eigenvalue weighted by Crippen LogP contribution is -2.35. The molecule has 4 rings (SSSR count). The quantitative estimate of drug-likeness (QED) is 0.711. The molecule has 1 aromatic heterocycles. The maximum atomic E-state index is 12.9. The van der Waals surface area contributed by atoms with Crippen molar-refractivity contribution >= 4 is 23.3 Å². The third kappa shape index (κ3) is 3.59. The summed E-state index contributed by atoms with van der Waals surface area (Å²) in [6, 6.07) is 14.3. The molecule has 1 atom stereocenters. The number of nitrogens with zero attached hydrogens (tertiary/aromatic N) is 2. The first-order valence-corrected chi connectivity index (χ1v) is 9.37. The van der Waals surface area contributed by atoms with Crippen molar-refractivity contribution < 1.29 is 14.3 Å². The van der Waals surface area contributed by atoms with Crippen LogP contribution < -0.4 is 15.4 Å². The van der Waals surface area contributed by atoms with Crippen molar-refractivity contribution in [3.8, 4) is 17.0 Å². The Morgan fingerprint density at radius 2 is 1.83 bits per heavy atom. The molecule has 0 bridgehead atoms. The fourth-order valence-electron chi connectivity index (χ4n) is 3.43. The minimum absolute atomic E-state index is 0.0312. The van der Waals surface area contributed by atoms with Crippen LogP contribution in [0.15, 0.2) is 48.5 Å². The Kier molecular flexibility index (Phi) is 4.80. The second-order valence-corrected chi connectivity index (χ2v) is 7.12. The number of aromatic nitrogens is 2. The van der Waals surface area contributed by atoms with E-state index < -0.39 is 6.04 Å². The zero-order chi connectivity index (χ0) is 20.5. The van der Waals surface area contributed by atoms with Gasteiger partial charge in [-0.15, -0.1) is 0 Å². The lowest BCUT2D eigenvalue weighted by Gasteiger charge is -2.24. The van der Waals surface area contributed by atoms with Gasteiger partial charge in [0.15, 0.2) is 0 Å². The molecule has 2 N–H and O–H groups in total. The number of carbonyl (C=O) groups is 2. The number of ether oxygens (including phenoxy) is 1. The molecule has 7 heteroatoms. The topological polar surface area (TPSA) is 85.2 Å². The standard InChI is InChI=1S/C22H22N4O3/c1-13-4-6-15(7-5-13)20-14(2)21-24-19(27)12-18(26(21)25-20)22(28)23-16-8-10-17(29-3)11-9-16/h4-11,18H,12H2,1-3H3,(H,23,28)(H,24,27)/t18-/m1/s1. The number of anilines is 2. The number of hydrogen-bond acceptors (Lipinski definition) is 4. The van der Waals surface area contributed by atoms with Crippen LogP contribution in [0.3, 0.4) is 0 Å². The van der Waals surface area contributed by atoms with Gasteiger partial charge in [-0.3, -0.25) is 9.59 Å². The lowest BCUT2D eigenvalue weighted by atomic mass is 10.1. The highest BCUT2D eigenvalue weighted by Gasteiger charge is 2.34. The SMILES string of the molecule is COc1ccc(NC(=O)[C@H]2CC(=O)Nc3c(C)c(-c4ccc(C)cc4)nn32)cc1. The Balaban J connectivity index is 1.66. The third-order valence-electron chi connectivity index (χ3n) is 5.06. The van der Waals surface area contributed by atoms with Crippen LogP contribution in [-0.2, 0) is 9.59 Å². The average molecular weight is 390 g/mol. The monoisotopic (exact) mass is 390 g/mol. The zero-order valence-electron chi connectivity index (χ0n) is 16.5. The van der Waals surface area contributed by atoms with Crippen molar-refractivity contribution in [2.24, 2.45) is 0 Å². The van der Waals surface area contributed by atoms with E-state index in [4.69, 9.17) is 4.74 Å². The van der Waals surface area contributed by atoms with Crippen LogP contribution >= 0.6 is 0 Å². The molecule has 0 radical (unpaired) electrons. The van der Waals surface area contributed by atoms with Crippen molar-refractivity contribution in [2.45, 2.75) is 26.3 Å². The summed E-state index contributed by atoms with van der Waals surface area (Å²) in [4.78, 5) is 25.2. The van der Waals surface area contributed by atoms with Crippen molar-refractivity contribution in [3.05, 3.63) is 59.7 Å². The van der Waals surface area contributed by atoms with Gasteiger partial charge in [0.1, 0.15) is 17.6 Å².